The number of amides is 1. The molecular weight excluding hydrogens is 266 g/mol. The normalized spacial score (nSPS) is 14.6. The number of aromatic carboxylic acids is 1. The second kappa shape index (κ2) is 6.94. The van der Waals surface area contributed by atoms with Crippen molar-refractivity contribution in [3.05, 3.63) is 35.4 Å². The number of rotatable bonds is 5. The molecule has 1 fully saturated rings. The van der Waals surface area contributed by atoms with Gasteiger partial charge in [-0.3, -0.25) is 4.79 Å². The van der Waals surface area contributed by atoms with Crippen molar-refractivity contribution in [1.29, 1.82) is 0 Å². The smallest absolute Gasteiger partial charge is 0.335 e. The van der Waals surface area contributed by atoms with Gasteiger partial charge >= 0.3 is 5.97 Å². The van der Waals surface area contributed by atoms with E-state index < -0.39 is 5.97 Å². The summed E-state index contributed by atoms with van der Waals surface area (Å²) in [5.41, 5.74) is 1.03. The van der Waals surface area contributed by atoms with Crippen molar-refractivity contribution < 1.29 is 14.7 Å². The van der Waals surface area contributed by atoms with Crippen LogP contribution in [0.2, 0.25) is 0 Å². The lowest BCUT2D eigenvalue weighted by Gasteiger charge is -2.27. The summed E-state index contributed by atoms with van der Waals surface area (Å²) in [5.74, 6) is 1.61. The summed E-state index contributed by atoms with van der Waals surface area (Å²) in [5, 5.41) is 8.86. The van der Waals surface area contributed by atoms with E-state index in [0.29, 0.717) is 6.54 Å². The number of nitrogens with zero attached hydrogens (tertiary/aromatic N) is 1. The molecule has 0 saturated heterocycles. The van der Waals surface area contributed by atoms with Crippen LogP contribution in [-0.4, -0.2) is 34.5 Å². The molecule has 0 unspecified atom stereocenters. The molecule has 1 N–H and O–H groups in total. The molecule has 4 nitrogen and oxygen atoms in total. The van der Waals surface area contributed by atoms with Gasteiger partial charge in [0.05, 0.1) is 18.5 Å². The van der Waals surface area contributed by atoms with E-state index in [0.717, 1.165) is 31.2 Å². The van der Waals surface area contributed by atoms with Crippen LogP contribution in [-0.2, 0) is 11.2 Å². The lowest BCUT2D eigenvalue weighted by Crippen LogP contribution is -2.40. The van der Waals surface area contributed by atoms with Crippen molar-refractivity contribution in [2.75, 3.05) is 6.54 Å². The highest BCUT2D eigenvalue weighted by Gasteiger charge is 2.25. The van der Waals surface area contributed by atoms with Gasteiger partial charge in [0.15, 0.2) is 0 Å². The summed E-state index contributed by atoms with van der Waals surface area (Å²) in [6, 6.07) is 6.67. The highest BCUT2D eigenvalue weighted by atomic mass is 16.4. The molecule has 1 saturated carbocycles. The third kappa shape index (κ3) is 3.85. The quantitative estimate of drug-likeness (QED) is 0.845. The first-order valence-corrected chi connectivity index (χ1v) is 7.17. The summed E-state index contributed by atoms with van der Waals surface area (Å²) in [4.78, 5) is 25.0. The van der Waals surface area contributed by atoms with Crippen LogP contribution in [0.5, 0.6) is 0 Å². The minimum atomic E-state index is -0.965. The standard InChI is InChI=1S/C17H19NO3/c1-2-11-18(15-5-3-4-6-15)16(19)12-13-7-9-14(10-8-13)17(20)21/h1,7-10,15H,3-6,11-12H2,(H,20,21). The van der Waals surface area contributed by atoms with Gasteiger partial charge in [-0.2, -0.15) is 0 Å². The predicted octanol–water partition coefficient (Wildman–Crippen LogP) is 2.33. The molecule has 0 spiro atoms. The first kappa shape index (κ1) is 15.1. The minimum Gasteiger partial charge on any atom is -0.478 e. The molecule has 2 rings (SSSR count). The Balaban J connectivity index is 2.04. The predicted molar refractivity (Wildman–Crippen MR) is 79.9 cm³/mol. The van der Waals surface area contributed by atoms with Gasteiger partial charge in [0, 0.05) is 6.04 Å². The van der Waals surface area contributed by atoms with Crippen molar-refractivity contribution >= 4 is 11.9 Å². The molecule has 1 aromatic rings. The number of terminal acetylenes is 1. The van der Waals surface area contributed by atoms with Crippen LogP contribution in [0.3, 0.4) is 0 Å². The fourth-order valence-corrected chi connectivity index (χ4v) is 2.78. The number of carboxylic acid groups (broad SMARTS) is 1. The number of carbonyl (C=O) groups is 2. The van der Waals surface area contributed by atoms with E-state index in [4.69, 9.17) is 11.5 Å². The van der Waals surface area contributed by atoms with Crippen LogP contribution in [0.25, 0.3) is 0 Å². The molecular formula is C17H19NO3. The molecule has 4 heteroatoms. The molecule has 1 aliphatic rings. The Morgan fingerprint density at radius 3 is 2.38 bits per heavy atom. The van der Waals surface area contributed by atoms with Gasteiger partial charge in [0.25, 0.3) is 0 Å². The van der Waals surface area contributed by atoms with Crippen LogP contribution in [0.1, 0.15) is 41.6 Å². The topological polar surface area (TPSA) is 57.6 Å². The second-order valence-electron chi connectivity index (χ2n) is 5.34. The van der Waals surface area contributed by atoms with E-state index in [1.165, 1.54) is 12.1 Å². The Hall–Kier alpha value is -2.28. The van der Waals surface area contributed by atoms with Crippen LogP contribution in [0.4, 0.5) is 0 Å². The summed E-state index contributed by atoms with van der Waals surface area (Å²) >= 11 is 0. The lowest BCUT2D eigenvalue weighted by molar-refractivity contribution is -0.131. The summed E-state index contributed by atoms with van der Waals surface area (Å²) in [7, 11) is 0. The average Bonchev–Trinajstić information content (AvgIpc) is 2.99. The zero-order valence-corrected chi connectivity index (χ0v) is 11.9. The van der Waals surface area contributed by atoms with E-state index in [2.05, 4.69) is 5.92 Å². The summed E-state index contributed by atoms with van der Waals surface area (Å²) < 4.78 is 0. The molecule has 0 aromatic heterocycles. The Morgan fingerprint density at radius 2 is 1.86 bits per heavy atom. The van der Waals surface area contributed by atoms with Crippen molar-refractivity contribution in [3.8, 4) is 12.3 Å². The fraction of sp³-hybridized carbons (Fsp3) is 0.412. The molecule has 1 aromatic carbocycles. The Labute approximate surface area is 124 Å². The highest BCUT2D eigenvalue weighted by Crippen LogP contribution is 2.24. The molecule has 21 heavy (non-hydrogen) atoms. The molecule has 0 radical (unpaired) electrons. The average molecular weight is 285 g/mol. The third-order valence-electron chi connectivity index (χ3n) is 3.90. The SMILES string of the molecule is C#CCN(C(=O)Cc1ccc(C(=O)O)cc1)C1CCCC1. The maximum absolute atomic E-state index is 12.4. The highest BCUT2D eigenvalue weighted by molar-refractivity contribution is 5.87. The van der Waals surface area contributed by atoms with Gasteiger partial charge < -0.3 is 10.0 Å². The molecule has 0 atom stereocenters. The summed E-state index contributed by atoms with van der Waals surface area (Å²) in [6.45, 7) is 0.344. The zero-order chi connectivity index (χ0) is 15.2. The first-order chi connectivity index (χ1) is 10.1. The van der Waals surface area contributed by atoms with Gasteiger partial charge in [0.2, 0.25) is 5.91 Å². The number of hydrogen-bond donors (Lipinski definition) is 1. The summed E-state index contributed by atoms with van der Waals surface area (Å²) in [6.07, 6.45) is 9.96. The van der Waals surface area contributed by atoms with Gasteiger partial charge in [-0.05, 0) is 30.5 Å². The number of benzene rings is 1. The number of carbonyl (C=O) groups excluding carboxylic acids is 1. The Bertz CT molecular complexity index is 550. The minimum absolute atomic E-state index is 0.0166. The van der Waals surface area contributed by atoms with Gasteiger partial charge in [-0.25, -0.2) is 4.79 Å². The van der Waals surface area contributed by atoms with E-state index in [1.807, 2.05) is 0 Å². The van der Waals surface area contributed by atoms with E-state index >= 15 is 0 Å². The maximum Gasteiger partial charge on any atom is 0.335 e. The van der Waals surface area contributed by atoms with Crippen molar-refractivity contribution in [1.82, 2.24) is 4.90 Å². The zero-order valence-electron chi connectivity index (χ0n) is 11.9. The Kier molecular flexibility index (Phi) is 4.99. The van der Waals surface area contributed by atoms with Gasteiger partial charge in [0.1, 0.15) is 0 Å². The van der Waals surface area contributed by atoms with Crippen LogP contribution < -0.4 is 0 Å². The molecule has 0 aliphatic heterocycles. The number of hydrogen-bond acceptors (Lipinski definition) is 2. The third-order valence-corrected chi connectivity index (χ3v) is 3.90. The van der Waals surface area contributed by atoms with E-state index in [-0.39, 0.29) is 23.9 Å². The van der Waals surface area contributed by atoms with E-state index in [9.17, 15) is 9.59 Å². The second-order valence-corrected chi connectivity index (χ2v) is 5.34. The van der Waals surface area contributed by atoms with Crippen molar-refractivity contribution in [2.45, 2.75) is 38.1 Å². The maximum atomic E-state index is 12.4. The van der Waals surface area contributed by atoms with Crippen molar-refractivity contribution in [3.63, 3.8) is 0 Å². The van der Waals surface area contributed by atoms with Crippen molar-refractivity contribution in [2.24, 2.45) is 0 Å². The molecule has 0 heterocycles. The van der Waals surface area contributed by atoms with Gasteiger partial charge in [-0.15, -0.1) is 6.42 Å². The molecule has 0 bridgehead atoms. The van der Waals surface area contributed by atoms with E-state index in [1.54, 1.807) is 17.0 Å². The number of carboxylic acids is 1. The van der Waals surface area contributed by atoms with Gasteiger partial charge in [-0.1, -0.05) is 30.9 Å². The monoisotopic (exact) mass is 285 g/mol. The Morgan fingerprint density at radius 1 is 1.24 bits per heavy atom. The molecule has 110 valence electrons. The molecule has 1 amide bonds. The largest absolute Gasteiger partial charge is 0.478 e. The van der Waals surface area contributed by atoms with Crippen LogP contribution >= 0.6 is 0 Å². The fourth-order valence-electron chi connectivity index (χ4n) is 2.78. The van der Waals surface area contributed by atoms with Crippen LogP contribution in [0, 0.1) is 12.3 Å². The first-order valence-electron chi connectivity index (χ1n) is 7.17. The molecule has 1 aliphatic carbocycles. The lowest BCUT2D eigenvalue weighted by atomic mass is 10.1. The van der Waals surface area contributed by atoms with Crippen LogP contribution in [0.15, 0.2) is 24.3 Å².